The van der Waals surface area contributed by atoms with Crippen molar-refractivity contribution in [3.63, 3.8) is 0 Å². The molecule has 1 aromatic heterocycles. The van der Waals surface area contributed by atoms with Crippen LogP contribution in [0.25, 0.3) is 6.08 Å². The molecule has 6 nitrogen and oxygen atoms in total. The summed E-state index contributed by atoms with van der Waals surface area (Å²) in [5.41, 5.74) is 3.95. The number of aromatic nitrogens is 1. The molecule has 2 rings (SSSR count). The van der Waals surface area contributed by atoms with Crippen LogP contribution in [-0.2, 0) is 11.2 Å². The molecule has 0 saturated carbocycles. The molecule has 2 aromatic rings. The van der Waals surface area contributed by atoms with Crippen LogP contribution < -0.4 is 14.2 Å². The molecule has 0 radical (unpaired) electrons. The second-order valence-corrected chi connectivity index (χ2v) is 7.51. The van der Waals surface area contributed by atoms with E-state index in [9.17, 15) is 9.90 Å². The molecule has 0 atom stereocenters. The van der Waals surface area contributed by atoms with Gasteiger partial charge in [0.2, 0.25) is 0 Å². The molecule has 0 amide bonds. The van der Waals surface area contributed by atoms with Crippen LogP contribution >= 0.6 is 0 Å². The summed E-state index contributed by atoms with van der Waals surface area (Å²) in [4.78, 5) is 16.1. The fourth-order valence-corrected chi connectivity index (χ4v) is 3.74. The van der Waals surface area contributed by atoms with Gasteiger partial charge in [0.1, 0.15) is 5.75 Å². The largest absolute Gasteiger partial charge is 0.496 e. The minimum absolute atomic E-state index is 0.328. The summed E-state index contributed by atoms with van der Waals surface area (Å²) in [6.07, 6.45) is 10.7. The van der Waals surface area contributed by atoms with Crippen molar-refractivity contribution in [3.8, 4) is 17.2 Å². The molecule has 0 saturated heterocycles. The molecule has 0 unspecified atom stereocenters. The highest BCUT2D eigenvalue weighted by Crippen LogP contribution is 2.44. The molecule has 0 bridgehead atoms. The molecule has 1 N–H and O–H groups in total. The van der Waals surface area contributed by atoms with Gasteiger partial charge in [-0.15, -0.1) is 0 Å². The third-order valence-corrected chi connectivity index (χ3v) is 5.53. The van der Waals surface area contributed by atoms with Crippen molar-refractivity contribution in [3.05, 3.63) is 52.4 Å². The zero-order valence-corrected chi connectivity index (χ0v) is 19.2. The molecule has 0 aliphatic heterocycles. The summed E-state index contributed by atoms with van der Waals surface area (Å²) < 4.78 is 16.7. The SMILES string of the molecule is COc1c(C)c(C)c(OC)c(OC)c1/C=C(\CCCCCCc1cccnc1)C(=O)O. The van der Waals surface area contributed by atoms with E-state index in [1.165, 1.54) is 5.56 Å². The minimum Gasteiger partial charge on any atom is -0.496 e. The highest BCUT2D eigenvalue weighted by Gasteiger charge is 2.22. The van der Waals surface area contributed by atoms with Gasteiger partial charge in [0.05, 0.1) is 26.9 Å². The summed E-state index contributed by atoms with van der Waals surface area (Å²) in [5.74, 6) is 0.742. The Morgan fingerprint density at radius 3 is 2.19 bits per heavy atom. The predicted octanol–water partition coefficient (Wildman–Crippen LogP) is 5.39. The fourth-order valence-electron chi connectivity index (χ4n) is 3.74. The third kappa shape index (κ3) is 6.23. The van der Waals surface area contributed by atoms with Gasteiger partial charge < -0.3 is 19.3 Å². The monoisotopic (exact) mass is 427 g/mol. The van der Waals surface area contributed by atoms with Gasteiger partial charge in [0.25, 0.3) is 0 Å². The van der Waals surface area contributed by atoms with Gasteiger partial charge in [-0.25, -0.2) is 4.79 Å². The molecule has 31 heavy (non-hydrogen) atoms. The van der Waals surface area contributed by atoms with E-state index in [2.05, 4.69) is 11.1 Å². The molecule has 1 heterocycles. The Balaban J connectivity index is 2.13. The number of methoxy groups -OCH3 is 3. The summed E-state index contributed by atoms with van der Waals surface area (Å²) in [7, 11) is 4.70. The van der Waals surface area contributed by atoms with E-state index < -0.39 is 5.97 Å². The zero-order chi connectivity index (χ0) is 22.8. The van der Waals surface area contributed by atoms with Crippen LogP contribution in [0.1, 0.15) is 54.4 Å². The first-order chi connectivity index (χ1) is 14.9. The van der Waals surface area contributed by atoms with E-state index in [4.69, 9.17) is 14.2 Å². The number of benzene rings is 1. The van der Waals surface area contributed by atoms with E-state index in [0.717, 1.165) is 43.2 Å². The van der Waals surface area contributed by atoms with Crippen molar-refractivity contribution in [2.24, 2.45) is 0 Å². The number of carboxylic acid groups (broad SMARTS) is 1. The maximum atomic E-state index is 11.9. The van der Waals surface area contributed by atoms with Gasteiger partial charge in [0, 0.05) is 23.5 Å². The molecule has 6 heteroatoms. The topological polar surface area (TPSA) is 77.9 Å². The second-order valence-electron chi connectivity index (χ2n) is 7.51. The lowest BCUT2D eigenvalue weighted by Gasteiger charge is -2.20. The number of pyridine rings is 1. The van der Waals surface area contributed by atoms with Gasteiger partial charge in [0.15, 0.2) is 11.5 Å². The first kappa shape index (κ1) is 24.3. The number of hydrogen-bond acceptors (Lipinski definition) is 5. The number of nitrogens with zero attached hydrogens (tertiary/aromatic N) is 1. The lowest BCUT2D eigenvalue weighted by molar-refractivity contribution is -0.132. The van der Waals surface area contributed by atoms with Crippen LogP contribution in [0.2, 0.25) is 0 Å². The van der Waals surface area contributed by atoms with Gasteiger partial charge >= 0.3 is 5.97 Å². The van der Waals surface area contributed by atoms with Gasteiger partial charge in [-0.3, -0.25) is 4.98 Å². The van der Waals surface area contributed by atoms with Crippen molar-refractivity contribution >= 4 is 12.0 Å². The summed E-state index contributed by atoms with van der Waals surface area (Å²) in [6, 6.07) is 4.03. The zero-order valence-electron chi connectivity index (χ0n) is 19.2. The number of carbonyl (C=O) groups is 1. The lowest BCUT2D eigenvalue weighted by atomic mass is 9.97. The van der Waals surface area contributed by atoms with E-state index >= 15 is 0 Å². The first-order valence-corrected chi connectivity index (χ1v) is 10.6. The maximum Gasteiger partial charge on any atom is 0.331 e. The van der Waals surface area contributed by atoms with Crippen molar-refractivity contribution in [2.75, 3.05) is 21.3 Å². The number of unbranched alkanes of at least 4 members (excludes halogenated alkanes) is 3. The van der Waals surface area contributed by atoms with E-state index in [1.807, 2.05) is 26.1 Å². The Morgan fingerprint density at radius 2 is 1.61 bits per heavy atom. The molecule has 0 aliphatic carbocycles. The van der Waals surface area contributed by atoms with Crippen molar-refractivity contribution in [1.29, 1.82) is 0 Å². The number of aryl methyl sites for hydroxylation is 1. The van der Waals surface area contributed by atoms with Gasteiger partial charge in [-0.2, -0.15) is 0 Å². The second kappa shape index (κ2) is 12.0. The molecule has 0 fully saturated rings. The van der Waals surface area contributed by atoms with Crippen LogP contribution in [0.3, 0.4) is 0 Å². The molecule has 1 aromatic carbocycles. The Hall–Kier alpha value is -3.02. The predicted molar refractivity (Wildman–Crippen MR) is 122 cm³/mol. The first-order valence-electron chi connectivity index (χ1n) is 10.6. The molecule has 0 aliphatic rings. The van der Waals surface area contributed by atoms with E-state index in [-0.39, 0.29) is 0 Å². The number of ether oxygens (including phenoxy) is 3. The van der Waals surface area contributed by atoms with Crippen LogP contribution in [-0.4, -0.2) is 37.4 Å². The smallest absolute Gasteiger partial charge is 0.331 e. The van der Waals surface area contributed by atoms with Gasteiger partial charge in [-0.1, -0.05) is 18.9 Å². The number of rotatable bonds is 12. The Morgan fingerprint density at radius 1 is 0.968 bits per heavy atom. The quantitative estimate of drug-likeness (QED) is 0.362. The normalized spacial score (nSPS) is 11.3. The van der Waals surface area contributed by atoms with Crippen LogP contribution in [0, 0.1) is 13.8 Å². The Labute approximate surface area is 184 Å². The van der Waals surface area contributed by atoms with Gasteiger partial charge in [-0.05, 0) is 62.8 Å². The van der Waals surface area contributed by atoms with Crippen molar-refractivity contribution in [1.82, 2.24) is 4.98 Å². The summed E-state index contributed by atoms with van der Waals surface area (Å²) >= 11 is 0. The van der Waals surface area contributed by atoms with Crippen LogP contribution in [0.15, 0.2) is 30.1 Å². The van der Waals surface area contributed by atoms with Crippen molar-refractivity contribution < 1.29 is 24.1 Å². The average molecular weight is 428 g/mol. The fraction of sp³-hybridized carbons (Fsp3) is 0.440. The summed E-state index contributed by atoms with van der Waals surface area (Å²) in [5, 5.41) is 9.78. The van der Waals surface area contributed by atoms with E-state index in [0.29, 0.717) is 34.8 Å². The minimum atomic E-state index is -0.934. The average Bonchev–Trinajstić information content (AvgIpc) is 2.77. The summed E-state index contributed by atoms with van der Waals surface area (Å²) in [6.45, 7) is 3.85. The molecular weight excluding hydrogens is 394 g/mol. The Kier molecular flexibility index (Phi) is 9.38. The van der Waals surface area contributed by atoms with Crippen LogP contribution in [0.5, 0.6) is 17.2 Å². The number of carboxylic acids is 1. The highest BCUT2D eigenvalue weighted by atomic mass is 16.5. The van der Waals surface area contributed by atoms with Crippen molar-refractivity contribution in [2.45, 2.75) is 52.4 Å². The van der Waals surface area contributed by atoms with Crippen LogP contribution in [0.4, 0.5) is 0 Å². The number of hydrogen-bond donors (Lipinski definition) is 1. The standard InChI is InChI=1S/C25H33NO5/c1-17-18(2)23(30-4)24(31-5)21(22(17)29-3)15-20(25(27)28)13-9-7-6-8-11-19-12-10-14-26-16-19/h10,12,14-16H,6-9,11,13H2,1-5H3,(H,27,28)/b20-15+. The molecule has 0 spiro atoms. The molecule has 168 valence electrons. The highest BCUT2D eigenvalue weighted by molar-refractivity contribution is 5.94. The van der Waals surface area contributed by atoms with E-state index in [1.54, 1.807) is 33.6 Å². The number of aliphatic carboxylic acids is 1. The third-order valence-electron chi connectivity index (χ3n) is 5.53. The Bertz CT molecular complexity index is 906. The lowest BCUT2D eigenvalue weighted by Crippen LogP contribution is -2.05. The molecular formula is C25H33NO5. The maximum absolute atomic E-state index is 11.9.